The van der Waals surface area contributed by atoms with E-state index in [9.17, 15) is 0 Å². The van der Waals surface area contributed by atoms with Crippen molar-refractivity contribution in [2.45, 2.75) is 90.0 Å². The molecule has 1 aliphatic rings. The highest BCUT2D eigenvalue weighted by molar-refractivity contribution is 5.05. The van der Waals surface area contributed by atoms with Gasteiger partial charge >= 0.3 is 0 Å². The van der Waals surface area contributed by atoms with E-state index in [0.717, 1.165) is 0 Å². The van der Waals surface area contributed by atoms with Crippen molar-refractivity contribution >= 4 is 0 Å². The molecule has 0 saturated heterocycles. The molecule has 0 aromatic rings. The number of allylic oxidation sites excluding steroid dienone is 2. The van der Waals surface area contributed by atoms with Gasteiger partial charge in [0.1, 0.15) is 0 Å². The number of hydrogen-bond acceptors (Lipinski definition) is 1. The third-order valence-electron chi connectivity index (χ3n) is 3.91. The van der Waals surface area contributed by atoms with Crippen molar-refractivity contribution in [3.8, 4) is 0 Å². The summed E-state index contributed by atoms with van der Waals surface area (Å²) in [6.45, 7) is 2.28. The van der Waals surface area contributed by atoms with Crippen molar-refractivity contribution in [3.05, 3.63) is 11.6 Å². The Bertz CT molecular complexity index is 198. The van der Waals surface area contributed by atoms with Gasteiger partial charge in [0.15, 0.2) is 0 Å². The third-order valence-corrected chi connectivity index (χ3v) is 3.91. The lowest BCUT2D eigenvalue weighted by molar-refractivity contribution is 0.509. The first-order chi connectivity index (χ1) is 8.33. The molecule has 0 unspecified atom stereocenters. The minimum atomic E-state index is 0.478. The molecule has 0 spiro atoms. The lowest BCUT2D eigenvalue weighted by Crippen LogP contribution is -2.23. The number of rotatable bonds is 8. The van der Waals surface area contributed by atoms with Gasteiger partial charge in [-0.3, -0.25) is 0 Å². The fourth-order valence-electron chi connectivity index (χ4n) is 2.62. The van der Waals surface area contributed by atoms with Gasteiger partial charge in [-0.05, 0) is 38.5 Å². The Morgan fingerprint density at radius 3 is 2.24 bits per heavy atom. The second kappa shape index (κ2) is 9.70. The van der Waals surface area contributed by atoms with Gasteiger partial charge in [-0.1, -0.05) is 57.1 Å². The SMILES string of the molecule is CCCCCCCCCC=C1CCC(N)CC1. The Hall–Kier alpha value is -0.300. The molecule has 1 saturated carbocycles. The molecule has 1 nitrogen and oxygen atoms in total. The molecular formula is C16H31N. The Balaban J connectivity index is 1.91. The molecule has 0 bridgehead atoms. The second-order valence-electron chi connectivity index (χ2n) is 5.61. The van der Waals surface area contributed by atoms with Crippen LogP contribution in [0.15, 0.2) is 11.6 Å². The Morgan fingerprint density at radius 1 is 1.00 bits per heavy atom. The van der Waals surface area contributed by atoms with Crippen LogP contribution in [0.1, 0.15) is 84.0 Å². The van der Waals surface area contributed by atoms with E-state index in [1.54, 1.807) is 5.57 Å². The minimum absolute atomic E-state index is 0.478. The normalized spacial score (nSPS) is 20.6. The molecular weight excluding hydrogens is 206 g/mol. The van der Waals surface area contributed by atoms with E-state index in [1.165, 1.54) is 77.0 Å². The fraction of sp³-hybridized carbons (Fsp3) is 0.875. The lowest BCUT2D eigenvalue weighted by atomic mass is 9.90. The molecule has 100 valence electrons. The van der Waals surface area contributed by atoms with Gasteiger partial charge in [-0.25, -0.2) is 0 Å². The topological polar surface area (TPSA) is 26.0 Å². The summed E-state index contributed by atoms with van der Waals surface area (Å²) in [4.78, 5) is 0. The summed E-state index contributed by atoms with van der Waals surface area (Å²) in [6, 6.07) is 0.478. The molecule has 0 atom stereocenters. The van der Waals surface area contributed by atoms with Crippen LogP contribution < -0.4 is 5.73 Å². The molecule has 1 aliphatic carbocycles. The zero-order valence-electron chi connectivity index (χ0n) is 11.7. The first-order valence-corrected chi connectivity index (χ1v) is 7.76. The van der Waals surface area contributed by atoms with E-state index >= 15 is 0 Å². The van der Waals surface area contributed by atoms with Crippen molar-refractivity contribution in [3.63, 3.8) is 0 Å². The standard InChI is InChI=1S/C16H31N/c1-2-3-4-5-6-7-8-9-10-15-11-13-16(17)14-12-15/h10,16H,2-9,11-14,17H2,1H3. The predicted molar refractivity (Wildman–Crippen MR) is 77.1 cm³/mol. The summed E-state index contributed by atoms with van der Waals surface area (Å²) < 4.78 is 0. The van der Waals surface area contributed by atoms with E-state index in [4.69, 9.17) is 5.73 Å². The molecule has 1 fully saturated rings. The fourth-order valence-corrected chi connectivity index (χ4v) is 2.62. The van der Waals surface area contributed by atoms with Crippen molar-refractivity contribution in [1.29, 1.82) is 0 Å². The van der Waals surface area contributed by atoms with E-state index in [-0.39, 0.29) is 0 Å². The second-order valence-corrected chi connectivity index (χ2v) is 5.61. The van der Waals surface area contributed by atoms with Gasteiger partial charge in [0.05, 0.1) is 0 Å². The first kappa shape index (κ1) is 14.8. The van der Waals surface area contributed by atoms with Gasteiger partial charge in [-0.2, -0.15) is 0 Å². The van der Waals surface area contributed by atoms with Crippen LogP contribution in [0.2, 0.25) is 0 Å². The summed E-state index contributed by atoms with van der Waals surface area (Å²) in [5.74, 6) is 0. The molecule has 0 heterocycles. The molecule has 0 aliphatic heterocycles. The minimum Gasteiger partial charge on any atom is -0.328 e. The van der Waals surface area contributed by atoms with Crippen LogP contribution in [0.5, 0.6) is 0 Å². The Labute approximate surface area is 108 Å². The molecule has 2 N–H and O–H groups in total. The average molecular weight is 237 g/mol. The van der Waals surface area contributed by atoms with E-state index in [1.807, 2.05) is 0 Å². The van der Waals surface area contributed by atoms with E-state index < -0.39 is 0 Å². The summed E-state index contributed by atoms with van der Waals surface area (Å²) >= 11 is 0. The van der Waals surface area contributed by atoms with Crippen LogP contribution in [0, 0.1) is 0 Å². The molecule has 0 radical (unpaired) electrons. The third kappa shape index (κ3) is 7.59. The highest BCUT2D eigenvalue weighted by atomic mass is 14.6. The number of hydrogen-bond donors (Lipinski definition) is 1. The molecule has 0 amide bonds. The maximum absolute atomic E-state index is 5.90. The van der Waals surface area contributed by atoms with E-state index in [2.05, 4.69) is 13.0 Å². The monoisotopic (exact) mass is 237 g/mol. The van der Waals surface area contributed by atoms with Gasteiger partial charge < -0.3 is 5.73 Å². The molecule has 17 heavy (non-hydrogen) atoms. The van der Waals surface area contributed by atoms with Crippen molar-refractivity contribution in [2.75, 3.05) is 0 Å². The van der Waals surface area contributed by atoms with Gasteiger partial charge in [0.2, 0.25) is 0 Å². The molecule has 0 aromatic carbocycles. The lowest BCUT2D eigenvalue weighted by Gasteiger charge is -2.20. The molecule has 1 rings (SSSR count). The Morgan fingerprint density at radius 2 is 1.59 bits per heavy atom. The summed E-state index contributed by atoms with van der Waals surface area (Å²) in [5, 5.41) is 0. The first-order valence-electron chi connectivity index (χ1n) is 7.76. The smallest absolute Gasteiger partial charge is 0.00449 e. The average Bonchev–Trinajstić information content (AvgIpc) is 2.35. The van der Waals surface area contributed by atoms with Gasteiger partial charge in [0.25, 0.3) is 0 Å². The highest BCUT2D eigenvalue weighted by Crippen LogP contribution is 2.23. The number of nitrogens with two attached hydrogens (primary N) is 1. The van der Waals surface area contributed by atoms with Crippen LogP contribution in [0.25, 0.3) is 0 Å². The largest absolute Gasteiger partial charge is 0.328 e. The maximum atomic E-state index is 5.90. The van der Waals surface area contributed by atoms with Crippen LogP contribution in [-0.4, -0.2) is 6.04 Å². The molecule has 1 heteroatoms. The summed E-state index contributed by atoms with van der Waals surface area (Å²) in [5.41, 5.74) is 7.58. The van der Waals surface area contributed by atoms with Crippen LogP contribution in [0.3, 0.4) is 0 Å². The van der Waals surface area contributed by atoms with E-state index in [0.29, 0.717) is 6.04 Å². The quantitative estimate of drug-likeness (QED) is 0.469. The van der Waals surface area contributed by atoms with Crippen molar-refractivity contribution < 1.29 is 0 Å². The predicted octanol–water partition coefficient (Wildman–Crippen LogP) is 4.95. The number of unbranched alkanes of at least 4 members (excludes halogenated alkanes) is 7. The van der Waals surface area contributed by atoms with Crippen LogP contribution in [-0.2, 0) is 0 Å². The van der Waals surface area contributed by atoms with Crippen molar-refractivity contribution in [1.82, 2.24) is 0 Å². The zero-order chi connectivity index (χ0) is 12.3. The highest BCUT2D eigenvalue weighted by Gasteiger charge is 2.11. The Kier molecular flexibility index (Phi) is 8.42. The van der Waals surface area contributed by atoms with Gasteiger partial charge in [-0.15, -0.1) is 0 Å². The van der Waals surface area contributed by atoms with Gasteiger partial charge in [0, 0.05) is 6.04 Å². The maximum Gasteiger partial charge on any atom is 0.00449 e. The summed E-state index contributed by atoms with van der Waals surface area (Å²) in [6.07, 6.45) is 18.7. The summed E-state index contributed by atoms with van der Waals surface area (Å²) in [7, 11) is 0. The molecule has 0 aromatic heterocycles. The van der Waals surface area contributed by atoms with Crippen LogP contribution in [0.4, 0.5) is 0 Å². The van der Waals surface area contributed by atoms with Crippen molar-refractivity contribution in [2.24, 2.45) is 5.73 Å². The zero-order valence-corrected chi connectivity index (χ0v) is 11.7. The van der Waals surface area contributed by atoms with Crippen LogP contribution >= 0.6 is 0 Å².